The third kappa shape index (κ3) is 2.21. The average Bonchev–Trinajstić information content (AvgIpc) is 2.54. The van der Waals surface area contributed by atoms with Crippen molar-refractivity contribution >= 4 is 28.9 Å². The molecule has 14 heavy (non-hydrogen) atoms. The fourth-order valence-corrected chi connectivity index (χ4v) is 1.45. The Labute approximate surface area is 90.4 Å². The van der Waals surface area contributed by atoms with Crippen LogP contribution in [-0.2, 0) is 9.47 Å². The van der Waals surface area contributed by atoms with Crippen LogP contribution in [0.25, 0.3) is 0 Å². The van der Waals surface area contributed by atoms with Crippen molar-refractivity contribution in [1.29, 1.82) is 0 Å². The van der Waals surface area contributed by atoms with Crippen molar-refractivity contribution < 1.29 is 9.47 Å². The number of aromatic nitrogens is 1. The van der Waals surface area contributed by atoms with E-state index in [1.807, 2.05) is 0 Å². The van der Waals surface area contributed by atoms with E-state index in [-0.39, 0.29) is 6.79 Å². The van der Waals surface area contributed by atoms with Crippen molar-refractivity contribution in [3.8, 4) is 0 Å². The molecule has 2 rings (SSSR count). The van der Waals surface area contributed by atoms with Gasteiger partial charge in [0, 0.05) is 5.69 Å². The number of rotatable bonds is 2. The minimum atomic E-state index is 0.217. The van der Waals surface area contributed by atoms with Crippen molar-refractivity contribution in [2.24, 2.45) is 0 Å². The van der Waals surface area contributed by atoms with Gasteiger partial charge >= 0.3 is 0 Å². The van der Waals surface area contributed by atoms with E-state index < -0.39 is 0 Å². The average molecular weight is 233 g/mol. The number of anilines is 1. The van der Waals surface area contributed by atoms with Gasteiger partial charge in [0.25, 0.3) is 0 Å². The van der Waals surface area contributed by atoms with Gasteiger partial charge in [0.1, 0.15) is 16.6 Å². The lowest BCUT2D eigenvalue weighted by molar-refractivity contribution is 0.0823. The van der Waals surface area contributed by atoms with Gasteiger partial charge in [0.2, 0.25) is 12.7 Å². The number of nitrogens with zero attached hydrogens (tertiary/aromatic N) is 1. The molecule has 1 aromatic heterocycles. The summed E-state index contributed by atoms with van der Waals surface area (Å²) in [6, 6.07) is 3.27. The van der Waals surface area contributed by atoms with Gasteiger partial charge in [0.15, 0.2) is 0 Å². The molecule has 0 spiro atoms. The third-order valence-corrected chi connectivity index (χ3v) is 1.89. The van der Waals surface area contributed by atoms with E-state index in [0.29, 0.717) is 21.9 Å². The highest BCUT2D eigenvalue weighted by molar-refractivity contribution is 6.32. The first kappa shape index (κ1) is 9.43. The van der Waals surface area contributed by atoms with Crippen LogP contribution in [0.3, 0.4) is 0 Å². The molecule has 0 saturated carbocycles. The molecule has 0 aliphatic carbocycles. The number of pyridine rings is 1. The Kier molecular flexibility index (Phi) is 2.65. The number of halogens is 2. The summed E-state index contributed by atoms with van der Waals surface area (Å²) in [5.41, 5.74) is 0.701. The van der Waals surface area contributed by atoms with E-state index in [1.165, 1.54) is 6.26 Å². The zero-order chi connectivity index (χ0) is 9.97. The highest BCUT2D eigenvalue weighted by Gasteiger charge is 2.07. The summed E-state index contributed by atoms with van der Waals surface area (Å²) < 4.78 is 9.92. The number of hydrogen-bond donors (Lipinski definition) is 1. The van der Waals surface area contributed by atoms with Crippen LogP contribution in [0.15, 0.2) is 24.3 Å². The quantitative estimate of drug-likeness (QED) is 0.797. The molecule has 0 unspecified atom stereocenters. The van der Waals surface area contributed by atoms with E-state index in [1.54, 1.807) is 12.1 Å². The molecule has 1 aliphatic rings. The Hall–Kier alpha value is -1.13. The molecule has 0 amide bonds. The van der Waals surface area contributed by atoms with Gasteiger partial charge in [-0.2, -0.15) is 0 Å². The maximum Gasteiger partial charge on any atom is 0.232 e. The van der Waals surface area contributed by atoms with Crippen molar-refractivity contribution in [2.75, 3.05) is 12.1 Å². The summed E-state index contributed by atoms with van der Waals surface area (Å²) in [5, 5.41) is 3.57. The second-order valence-corrected chi connectivity index (χ2v) is 3.31. The molecular weight excluding hydrogens is 227 g/mol. The van der Waals surface area contributed by atoms with Crippen LogP contribution in [0.1, 0.15) is 0 Å². The smallest absolute Gasteiger partial charge is 0.232 e. The Morgan fingerprint density at radius 1 is 1.29 bits per heavy atom. The SMILES string of the molecule is Clc1cc(NC2=COCO2)cc(Cl)n1. The molecule has 1 aliphatic heterocycles. The van der Waals surface area contributed by atoms with Gasteiger partial charge in [-0.25, -0.2) is 4.98 Å². The maximum absolute atomic E-state index is 5.71. The van der Waals surface area contributed by atoms with E-state index in [2.05, 4.69) is 10.3 Å². The molecule has 2 heterocycles. The summed E-state index contributed by atoms with van der Waals surface area (Å²) in [7, 11) is 0. The Morgan fingerprint density at radius 2 is 2.00 bits per heavy atom. The van der Waals surface area contributed by atoms with Gasteiger partial charge in [0.05, 0.1) is 0 Å². The monoisotopic (exact) mass is 232 g/mol. The van der Waals surface area contributed by atoms with Crippen LogP contribution < -0.4 is 5.32 Å². The molecule has 4 nitrogen and oxygen atoms in total. The first-order chi connectivity index (χ1) is 6.74. The highest BCUT2D eigenvalue weighted by atomic mass is 35.5. The molecule has 1 N–H and O–H groups in total. The predicted molar refractivity (Wildman–Crippen MR) is 53.0 cm³/mol. The van der Waals surface area contributed by atoms with E-state index in [0.717, 1.165) is 0 Å². The Morgan fingerprint density at radius 3 is 2.57 bits per heavy atom. The molecule has 0 radical (unpaired) electrons. The van der Waals surface area contributed by atoms with Crippen molar-refractivity contribution in [3.05, 3.63) is 34.6 Å². The minimum Gasteiger partial charge on any atom is -0.459 e. The van der Waals surface area contributed by atoms with Crippen molar-refractivity contribution in [1.82, 2.24) is 4.98 Å². The largest absolute Gasteiger partial charge is 0.459 e. The highest BCUT2D eigenvalue weighted by Crippen LogP contribution is 2.21. The topological polar surface area (TPSA) is 43.4 Å². The van der Waals surface area contributed by atoms with Crippen LogP contribution in [0.5, 0.6) is 0 Å². The maximum atomic E-state index is 5.71. The third-order valence-electron chi connectivity index (χ3n) is 1.50. The lowest BCUT2D eigenvalue weighted by atomic mass is 10.4. The molecule has 1 aromatic rings. The second kappa shape index (κ2) is 3.94. The summed E-state index contributed by atoms with van der Waals surface area (Å²) in [4.78, 5) is 3.81. The first-order valence-electron chi connectivity index (χ1n) is 3.79. The van der Waals surface area contributed by atoms with E-state index in [9.17, 15) is 0 Å². The minimum absolute atomic E-state index is 0.217. The summed E-state index contributed by atoms with van der Waals surface area (Å²) in [5.74, 6) is 0.517. The number of ether oxygens (including phenoxy) is 2. The van der Waals surface area contributed by atoms with Crippen LogP contribution >= 0.6 is 23.2 Å². The van der Waals surface area contributed by atoms with Crippen LogP contribution in [0.4, 0.5) is 5.69 Å². The lowest BCUT2D eigenvalue weighted by Crippen LogP contribution is -1.99. The van der Waals surface area contributed by atoms with E-state index in [4.69, 9.17) is 32.7 Å². The summed E-state index contributed by atoms with van der Waals surface area (Å²) >= 11 is 11.4. The molecule has 0 aromatic carbocycles. The molecule has 6 heteroatoms. The number of hydrogen-bond acceptors (Lipinski definition) is 4. The fraction of sp³-hybridized carbons (Fsp3) is 0.125. The molecular formula is C8H6Cl2N2O2. The van der Waals surface area contributed by atoms with Crippen LogP contribution in [0.2, 0.25) is 10.3 Å². The van der Waals surface area contributed by atoms with Gasteiger partial charge < -0.3 is 14.8 Å². The van der Waals surface area contributed by atoms with Gasteiger partial charge in [-0.3, -0.25) is 0 Å². The van der Waals surface area contributed by atoms with Crippen molar-refractivity contribution in [3.63, 3.8) is 0 Å². The molecule has 0 fully saturated rings. The predicted octanol–water partition coefficient (Wildman–Crippen LogP) is 2.60. The number of nitrogens with one attached hydrogen (secondary N) is 1. The normalized spacial score (nSPS) is 14.3. The van der Waals surface area contributed by atoms with Gasteiger partial charge in [-0.1, -0.05) is 23.2 Å². The Balaban J connectivity index is 2.15. The van der Waals surface area contributed by atoms with Gasteiger partial charge in [-0.05, 0) is 12.1 Å². The molecule has 0 saturated heterocycles. The molecule has 74 valence electrons. The summed E-state index contributed by atoms with van der Waals surface area (Å²) in [6.45, 7) is 0.217. The second-order valence-electron chi connectivity index (χ2n) is 2.54. The standard InChI is InChI=1S/C8H6Cl2N2O2/c9-6-1-5(2-7(10)12-6)11-8-3-13-4-14-8/h1-3H,4H2,(H,11,12). The van der Waals surface area contributed by atoms with Gasteiger partial charge in [-0.15, -0.1) is 0 Å². The fourth-order valence-electron chi connectivity index (χ4n) is 0.986. The summed E-state index contributed by atoms with van der Waals surface area (Å²) in [6.07, 6.45) is 1.47. The molecule has 0 atom stereocenters. The Bertz CT molecular complexity index is 361. The zero-order valence-electron chi connectivity index (χ0n) is 6.96. The van der Waals surface area contributed by atoms with Crippen molar-refractivity contribution in [2.45, 2.75) is 0 Å². The lowest BCUT2D eigenvalue weighted by Gasteiger charge is -2.05. The van der Waals surface area contributed by atoms with E-state index >= 15 is 0 Å². The first-order valence-corrected chi connectivity index (χ1v) is 4.54. The van der Waals surface area contributed by atoms with Crippen LogP contribution in [-0.4, -0.2) is 11.8 Å². The van der Waals surface area contributed by atoms with Crippen LogP contribution in [0, 0.1) is 0 Å². The molecule has 0 bridgehead atoms. The zero-order valence-corrected chi connectivity index (χ0v) is 8.47.